The first kappa shape index (κ1) is 20.8. The number of rotatable bonds is 5. The van der Waals surface area contributed by atoms with Gasteiger partial charge in [-0.2, -0.15) is 4.57 Å². The number of fused-ring (bicyclic) bond motifs is 3. The van der Waals surface area contributed by atoms with Crippen molar-refractivity contribution in [2.45, 2.75) is 6.54 Å². The number of aromatic nitrogens is 3. The molecule has 0 aliphatic carbocycles. The lowest BCUT2D eigenvalue weighted by molar-refractivity contribution is -0.682. The Bertz CT molecular complexity index is 1380. The molecule has 0 aliphatic heterocycles. The summed E-state index contributed by atoms with van der Waals surface area (Å²) in [6.07, 6.45) is 5.70. The minimum atomic E-state index is 0. The van der Waals surface area contributed by atoms with Gasteiger partial charge in [-0.25, -0.2) is 0 Å². The van der Waals surface area contributed by atoms with Gasteiger partial charge in [-0.1, -0.05) is 18.2 Å². The van der Waals surface area contributed by atoms with E-state index in [9.17, 15) is 4.79 Å². The molecule has 0 bridgehead atoms. The number of Topliss-reactive ketones (excluding diaryl/α,β-unsaturated/α-hetero) is 1. The van der Waals surface area contributed by atoms with Gasteiger partial charge in [0.2, 0.25) is 12.3 Å². The number of nitrogens with one attached hydrogen (secondary N) is 1. The van der Waals surface area contributed by atoms with Crippen molar-refractivity contribution in [1.29, 1.82) is 0 Å². The fraction of sp³-hybridized carbons (Fsp3) is 0.0800. The Balaban J connectivity index is 0.00000231. The van der Waals surface area contributed by atoms with E-state index in [1.54, 1.807) is 31.4 Å². The number of H-pyrrole nitrogens is 1. The lowest BCUT2D eigenvalue weighted by Gasteiger charge is -2.04. The zero-order valence-electron chi connectivity index (χ0n) is 16.9. The number of nitrogens with zero attached hydrogens (tertiary/aromatic N) is 2. The Hall–Kier alpha value is -3.51. The minimum Gasteiger partial charge on any atom is -1.00 e. The third-order valence-corrected chi connectivity index (χ3v) is 5.30. The number of ketones is 1. The second kappa shape index (κ2) is 8.70. The van der Waals surface area contributed by atoms with Gasteiger partial charge in [0.25, 0.3) is 0 Å². The van der Waals surface area contributed by atoms with Crippen LogP contribution in [0.15, 0.2) is 85.3 Å². The first-order chi connectivity index (χ1) is 14.7. The maximum Gasteiger partial charge on any atom is 0.227 e. The second-order valence-corrected chi connectivity index (χ2v) is 7.17. The van der Waals surface area contributed by atoms with E-state index in [1.165, 1.54) is 5.39 Å². The quantitative estimate of drug-likeness (QED) is 0.311. The highest BCUT2D eigenvalue weighted by molar-refractivity contribution is 6.10. The Morgan fingerprint density at radius 1 is 1.00 bits per heavy atom. The van der Waals surface area contributed by atoms with Crippen LogP contribution in [-0.4, -0.2) is 22.9 Å². The van der Waals surface area contributed by atoms with Crippen molar-refractivity contribution < 1.29 is 31.1 Å². The van der Waals surface area contributed by atoms with Crippen LogP contribution in [0.1, 0.15) is 10.4 Å². The molecule has 1 N–H and O–H groups in total. The van der Waals surface area contributed by atoms with Gasteiger partial charge < -0.3 is 26.7 Å². The van der Waals surface area contributed by atoms with Crippen LogP contribution >= 0.6 is 0 Å². The third kappa shape index (κ3) is 3.94. The third-order valence-electron chi connectivity index (χ3n) is 5.30. The van der Waals surface area contributed by atoms with Gasteiger partial charge in [0.05, 0.1) is 18.2 Å². The SMILES string of the molecule is COc1ccc(C(=O)C[n+]2cccc(-c3nccc4c3[nH]c3ccccc34)c2)cc1.[Br-]. The number of ether oxygens (including phenoxy) is 1. The number of carbonyl (C=O) groups is 1. The number of halogens is 1. The first-order valence-electron chi connectivity index (χ1n) is 9.75. The molecule has 0 aliphatic rings. The average molecular weight is 474 g/mol. The highest BCUT2D eigenvalue weighted by atomic mass is 79.9. The molecule has 0 radical (unpaired) electrons. The summed E-state index contributed by atoms with van der Waals surface area (Å²) in [6, 6.07) is 21.4. The van der Waals surface area contributed by atoms with Gasteiger partial charge in [-0.05, 0) is 42.5 Å². The molecule has 0 spiro atoms. The first-order valence-corrected chi connectivity index (χ1v) is 9.75. The molecule has 0 amide bonds. The summed E-state index contributed by atoms with van der Waals surface area (Å²) in [5.41, 5.74) is 4.56. The van der Waals surface area contributed by atoms with Crippen LogP contribution in [0.25, 0.3) is 33.1 Å². The summed E-state index contributed by atoms with van der Waals surface area (Å²) in [6.45, 7) is 0.253. The van der Waals surface area contributed by atoms with Crippen molar-refractivity contribution in [3.05, 3.63) is 90.9 Å². The predicted octanol–water partition coefficient (Wildman–Crippen LogP) is 1.57. The van der Waals surface area contributed by atoms with Crippen LogP contribution in [0.4, 0.5) is 0 Å². The van der Waals surface area contributed by atoms with Crippen LogP contribution in [-0.2, 0) is 6.54 Å². The lowest BCUT2D eigenvalue weighted by atomic mass is 10.1. The monoisotopic (exact) mass is 473 g/mol. The lowest BCUT2D eigenvalue weighted by Crippen LogP contribution is -3.00. The van der Waals surface area contributed by atoms with Crippen LogP contribution in [0.3, 0.4) is 0 Å². The van der Waals surface area contributed by atoms with E-state index in [4.69, 9.17) is 4.74 Å². The van der Waals surface area contributed by atoms with E-state index >= 15 is 0 Å². The number of pyridine rings is 2. The van der Waals surface area contributed by atoms with Crippen LogP contribution in [0.2, 0.25) is 0 Å². The minimum absolute atomic E-state index is 0. The fourth-order valence-electron chi connectivity index (χ4n) is 3.79. The molecule has 3 heterocycles. The summed E-state index contributed by atoms with van der Waals surface area (Å²) in [5, 5.41) is 2.31. The summed E-state index contributed by atoms with van der Waals surface area (Å²) < 4.78 is 7.06. The molecule has 31 heavy (non-hydrogen) atoms. The summed E-state index contributed by atoms with van der Waals surface area (Å²) >= 11 is 0. The van der Waals surface area contributed by atoms with Crippen molar-refractivity contribution in [2.75, 3.05) is 7.11 Å². The molecular weight excluding hydrogens is 454 g/mol. The van der Waals surface area contributed by atoms with Gasteiger partial charge in [-0.15, -0.1) is 0 Å². The Morgan fingerprint density at radius 3 is 2.61 bits per heavy atom. The molecular formula is C25H20BrN3O2. The maximum atomic E-state index is 12.7. The van der Waals surface area contributed by atoms with Crippen molar-refractivity contribution in [2.24, 2.45) is 0 Å². The van der Waals surface area contributed by atoms with E-state index in [0.717, 1.165) is 33.4 Å². The van der Waals surface area contributed by atoms with E-state index < -0.39 is 0 Å². The molecule has 5 rings (SSSR count). The van der Waals surface area contributed by atoms with Gasteiger partial charge in [0.1, 0.15) is 11.4 Å². The Morgan fingerprint density at radius 2 is 1.81 bits per heavy atom. The molecule has 154 valence electrons. The van der Waals surface area contributed by atoms with Crippen molar-refractivity contribution in [1.82, 2.24) is 9.97 Å². The molecule has 0 saturated heterocycles. The summed E-state index contributed by atoms with van der Waals surface area (Å²) in [4.78, 5) is 20.8. The number of aromatic amines is 1. The summed E-state index contributed by atoms with van der Waals surface area (Å²) in [5.74, 6) is 0.773. The van der Waals surface area contributed by atoms with E-state index in [0.29, 0.717) is 5.56 Å². The number of para-hydroxylation sites is 1. The highest BCUT2D eigenvalue weighted by Gasteiger charge is 2.16. The van der Waals surface area contributed by atoms with Gasteiger partial charge in [0, 0.05) is 34.1 Å². The second-order valence-electron chi connectivity index (χ2n) is 7.17. The smallest absolute Gasteiger partial charge is 0.227 e. The molecule has 5 aromatic rings. The number of methoxy groups -OCH3 is 1. The zero-order valence-corrected chi connectivity index (χ0v) is 18.5. The van der Waals surface area contributed by atoms with Crippen LogP contribution < -0.4 is 26.3 Å². The van der Waals surface area contributed by atoms with Crippen molar-refractivity contribution in [3.8, 4) is 17.0 Å². The van der Waals surface area contributed by atoms with Crippen molar-refractivity contribution in [3.63, 3.8) is 0 Å². The van der Waals surface area contributed by atoms with E-state index in [-0.39, 0.29) is 29.3 Å². The standard InChI is InChI=1S/C25H20N3O2.BrH/c1-30-19-10-8-17(9-11-19)23(29)16-28-14-4-5-18(15-28)24-25-21(12-13-26-24)20-6-2-3-7-22(20)27-25;/h2-15,27H,16H2,1H3;1H/q+1;/p-1. The fourth-order valence-corrected chi connectivity index (χ4v) is 3.79. The van der Waals surface area contributed by atoms with Gasteiger partial charge in [-0.3, -0.25) is 9.78 Å². The molecule has 0 fully saturated rings. The van der Waals surface area contributed by atoms with Crippen molar-refractivity contribution >= 4 is 27.6 Å². The topological polar surface area (TPSA) is 58.9 Å². The maximum absolute atomic E-state index is 12.7. The average Bonchev–Trinajstić information content (AvgIpc) is 3.18. The van der Waals surface area contributed by atoms with Crippen LogP contribution in [0, 0.1) is 0 Å². The highest BCUT2D eigenvalue weighted by Crippen LogP contribution is 2.30. The van der Waals surface area contributed by atoms with E-state index in [2.05, 4.69) is 22.1 Å². The van der Waals surface area contributed by atoms with Crippen LogP contribution in [0.5, 0.6) is 5.75 Å². The molecule has 3 aromatic heterocycles. The van der Waals surface area contributed by atoms with Gasteiger partial charge >= 0.3 is 0 Å². The van der Waals surface area contributed by atoms with Gasteiger partial charge in [0.15, 0.2) is 12.4 Å². The molecule has 0 saturated carbocycles. The molecule has 0 unspecified atom stereocenters. The number of hydrogen-bond acceptors (Lipinski definition) is 3. The molecule has 6 heteroatoms. The van der Waals surface area contributed by atoms with E-state index in [1.807, 2.05) is 53.5 Å². The molecule has 2 aromatic carbocycles. The predicted molar refractivity (Wildman–Crippen MR) is 117 cm³/mol. The molecule has 5 nitrogen and oxygen atoms in total. The zero-order chi connectivity index (χ0) is 20.5. The Labute approximate surface area is 190 Å². The Kier molecular flexibility index (Phi) is 5.82. The number of hydrogen-bond donors (Lipinski definition) is 1. The molecule has 0 atom stereocenters. The largest absolute Gasteiger partial charge is 1.00 e. The number of benzene rings is 2. The normalized spacial score (nSPS) is 10.7. The number of carbonyl (C=O) groups excluding carboxylic acids is 1. The summed E-state index contributed by atoms with van der Waals surface area (Å²) in [7, 11) is 1.61.